The molecule has 3 N–H and O–H groups in total. The van der Waals surface area contributed by atoms with Crippen molar-refractivity contribution in [3.8, 4) is 33.5 Å². The van der Waals surface area contributed by atoms with Crippen LogP contribution in [0, 0.1) is 12.9 Å². The molecule has 1 unspecified atom stereocenters. The monoisotopic (exact) mass is 679 g/mol. The minimum absolute atomic E-state index is 0.00281. The largest absolute Gasteiger partial charge is 0.354 e. The van der Waals surface area contributed by atoms with Crippen molar-refractivity contribution < 1.29 is 14.0 Å². The number of hydrogen-bond acceptors (Lipinski definition) is 7. The summed E-state index contributed by atoms with van der Waals surface area (Å²) in [5.41, 5.74) is 6.86. The van der Waals surface area contributed by atoms with Crippen molar-refractivity contribution >= 4 is 29.1 Å². The molecule has 10 nitrogen and oxygen atoms in total. The Kier molecular flexibility index (Phi) is 8.98. The SMILES string of the molecule is Cc1c(-c2ccn3c(=O)c(CNC4CNC(=O)C4)cnc3c2)cccc1-c1cccc(-c2ccc(CN(C)[C@H]3CCC(=O)N3)c(F)n2)c1Cl. The summed E-state index contributed by atoms with van der Waals surface area (Å²) in [6.07, 6.45) is 4.74. The number of fused-ring (bicyclic) bond motifs is 1. The number of hydrogen-bond donors (Lipinski definition) is 3. The van der Waals surface area contributed by atoms with Crippen molar-refractivity contribution in [2.75, 3.05) is 13.6 Å². The molecule has 0 saturated carbocycles. The third kappa shape index (κ3) is 6.57. The molecule has 12 heteroatoms. The summed E-state index contributed by atoms with van der Waals surface area (Å²) in [5, 5.41) is 9.40. The van der Waals surface area contributed by atoms with Gasteiger partial charge in [-0.25, -0.2) is 9.97 Å². The number of nitrogens with zero attached hydrogens (tertiary/aromatic N) is 4. The summed E-state index contributed by atoms with van der Waals surface area (Å²) in [6, 6.07) is 18.9. The molecule has 0 radical (unpaired) electrons. The maximum atomic E-state index is 15.3. The molecular formula is C37H35ClFN7O3. The molecule has 2 saturated heterocycles. The van der Waals surface area contributed by atoms with E-state index in [1.807, 2.05) is 67.4 Å². The Morgan fingerprint density at radius 1 is 1.00 bits per heavy atom. The molecule has 0 bridgehead atoms. The van der Waals surface area contributed by atoms with Crippen molar-refractivity contribution in [2.24, 2.45) is 0 Å². The second-order valence-electron chi connectivity index (χ2n) is 12.6. The Morgan fingerprint density at radius 3 is 2.51 bits per heavy atom. The molecular weight excluding hydrogens is 645 g/mol. The quantitative estimate of drug-likeness (QED) is 0.191. The van der Waals surface area contributed by atoms with E-state index in [0.717, 1.165) is 27.8 Å². The summed E-state index contributed by atoms with van der Waals surface area (Å²) in [6.45, 7) is 3.19. The first kappa shape index (κ1) is 32.6. The zero-order chi connectivity index (χ0) is 34.2. The molecule has 2 aromatic carbocycles. The van der Waals surface area contributed by atoms with Gasteiger partial charge >= 0.3 is 0 Å². The van der Waals surface area contributed by atoms with Crippen LogP contribution in [0.3, 0.4) is 0 Å². The van der Waals surface area contributed by atoms with E-state index in [1.165, 1.54) is 4.40 Å². The molecule has 49 heavy (non-hydrogen) atoms. The van der Waals surface area contributed by atoms with Crippen molar-refractivity contribution in [1.82, 2.24) is 35.2 Å². The first-order chi connectivity index (χ1) is 23.7. The van der Waals surface area contributed by atoms with E-state index in [4.69, 9.17) is 11.6 Å². The highest BCUT2D eigenvalue weighted by Gasteiger charge is 2.25. The summed E-state index contributed by atoms with van der Waals surface area (Å²) >= 11 is 7.02. The molecule has 3 aromatic heterocycles. The Hall–Kier alpha value is -4.97. The van der Waals surface area contributed by atoms with E-state index in [9.17, 15) is 14.4 Å². The molecule has 0 spiro atoms. The predicted molar refractivity (Wildman–Crippen MR) is 186 cm³/mol. The van der Waals surface area contributed by atoms with E-state index in [0.29, 0.717) is 72.0 Å². The Morgan fingerprint density at radius 2 is 1.78 bits per heavy atom. The standard InChI is InChI=1S/C37H35ClFN7O3/c1-21-26(22-13-14-46-32(15-22)41-18-24(37(46)49)17-40-25-16-34(48)42-19-25)5-3-6-27(21)28-7-4-8-29(35(28)38)30-10-9-23(36(39)43-30)20-45(2)31-11-12-33(47)44-31/h3-10,13-15,18,25,31,40H,11-12,16-17,19-20H2,1-2H3,(H,42,48)(H,44,47)/t25?,31-/m0/s1. The second-order valence-corrected chi connectivity index (χ2v) is 13.0. The highest BCUT2D eigenvalue weighted by Crippen LogP contribution is 2.39. The number of amides is 2. The fourth-order valence-corrected chi connectivity index (χ4v) is 6.95. The molecule has 2 atom stereocenters. The molecule has 2 fully saturated rings. The highest BCUT2D eigenvalue weighted by molar-refractivity contribution is 6.36. The van der Waals surface area contributed by atoms with Crippen LogP contribution in [0.4, 0.5) is 4.39 Å². The van der Waals surface area contributed by atoms with Crippen LogP contribution >= 0.6 is 11.6 Å². The van der Waals surface area contributed by atoms with Crippen LogP contribution in [0.2, 0.25) is 5.02 Å². The number of pyridine rings is 2. The number of carbonyl (C=O) groups excluding carboxylic acids is 2. The van der Waals surface area contributed by atoms with Crippen molar-refractivity contribution in [3.63, 3.8) is 0 Å². The fourth-order valence-electron chi connectivity index (χ4n) is 6.62. The zero-order valence-electron chi connectivity index (χ0n) is 27.1. The van der Waals surface area contributed by atoms with Crippen LogP contribution in [0.1, 0.15) is 36.0 Å². The highest BCUT2D eigenvalue weighted by atomic mass is 35.5. The van der Waals surface area contributed by atoms with Gasteiger partial charge in [0.15, 0.2) is 0 Å². The lowest BCUT2D eigenvalue weighted by Gasteiger charge is -2.24. The van der Waals surface area contributed by atoms with Crippen LogP contribution in [0.5, 0.6) is 0 Å². The lowest BCUT2D eigenvalue weighted by molar-refractivity contribution is -0.120. The number of aromatic nitrogens is 3. The molecule has 5 heterocycles. The third-order valence-electron chi connectivity index (χ3n) is 9.40. The van der Waals surface area contributed by atoms with Gasteiger partial charge in [-0.05, 0) is 60.8 Å². The van der Waals surface area contributed by atoms with E-state index < -0.39 is 5.95 Å². The molecule has 7 rings (SSSR count). The number of carbonyl (C=O) groups is 2. The van der Waals surface area contributed by atoms with Gasteiger partial charge in [0.2, 0.25) is 17.8 Å². The normalized spacial score (nSPS) is 17.6. The predicted octanol–water partition coefficient (Wildman–Crippen LogP) is 4.84. The van der Waals surface area contributed by atoms with E-state index >= 15 is 4.39 Å². The Bertz CT molecular complexity index is 2170. The van der Waals surface area contributed by atoms with Crippen LogP contribution in [-0.4, -0.2) is 56.9 Å². The molecule has 2 amide bonds. The lowest BCUT2D eigenvalue weighted by Crippen LogP contribution is -2.40. The van der Waals surface area contributed by atoms with Gasteiger partial charge in [0.25, 0.3) is 5.56 Å². The summed E-state index contributed by atoms with van der Waals surface area (Å²) in [5.74, 6) is -0.574. The minimum atomic E-state index is -0.580. The van der Waals surface area contributed by atoms with E-state index in [2.05, 4.69) is 25.9 Å². The maximum Gasteiger partial charge on any atom is 0.262 e. The van der Waals surface area contributed by atoms with Crippen LogP contribution in [0.25, 0.3) is 39.2 Å². The number of benzene rings is 2. The molecule has 5 aromatic rings. The van der Waals surface area contributed by atoms with Gasteiger partial charge in [0, 0.05) is 67.6 Å². The Balaban J connectivity index is 1.14. The first-order valence-electron chi connectivity index (χ1n) is 16.2. The number of nitrogens with one attached hydrogen (secondary N) is 3. The average Bonchev–Trinajstić information content (AvgIpc) is 3.73. The van der Waals surface area contributed by atoms with Gasteiger partial charge in [-0.1, -0.05) is 54.1 Å². The van der Waals surface area contributed by atoms with Gasteiger partial charge in [-0.3, -0.25) is 23.7 Å². The molecule has 0 aliphatic carbocycles. The fraction of sp³-hybridized carbons (Fsp3) is 0.270. The van der Waals surface area contributed by atoms with Gasteiger partial charge in [0.1, 0.15) is 5.65 Å². The van der Waals surface area contributed by atoms with Crippen molar-refractivity contribution in [1.29, 1.82) is 0 Å². The van der Waals surface area contributed by atoms with E-state index in [1.54, 1.807) is 24.5 Å². The first-order valence-corrected chi connectivity index (χ1v) is 16.6. The van der Waals surface area contributed by atoms with Gasteiger partial charge in [-0.2, -0.15) is 4.39 Å². The number of rotatable bonds is 9. The molecule has 250 valence electrons. The van der Waals surface area contributed by atoms with E-state index in [-0.39, 0.29) is 29.6 Å². The topological polar surface area (TPSA) is 121 Å². The Labute approximate surface area is 287 Å². The van der Waals surface area contributed by atoms with Gasteiger partial charge in [0.05, 0.1) is 22.4 Å². The summed E-state index contributed by atoms with van der Waals surface area (Å²) < 4.78 is 16.8. The van der Waals surface area contributed by atoms with Crippen molar-refractivity contribution in [2.45, 2.75) is 51.5 Å². The maximum absolute atomic E-state index is 15.3. The smallest absolute Gasteiger partial charge is 0.262 e. The van der Waals surface area contributed by atoms with Crippen LogP contribution < -0.4 is 21.5 Å². The average molecular weight is 680 g/mol. The minimum Gasteiger partial charge on any atom is -0.354 e. The van der Waals surface area contributed by atoms with Gasteiger partial charge in [-0.15, -0.1) is 0 Å². The van der Waals surface area contributed by atoms with Crippen LogP contribution in [-0.2, 0) is 22.7 Å². The molecule has 2 aliphatic rings. The van der Waals surface area contributed by atoms with Crippen molar-refractivity contribution in [3.05, 3.63) is 111 Å². The third-order valence-corrected chi connectivity index (χ3v) is 9.81. The summed E-state index contributed by atoms with van der Waals surface area (Å²) in [7, 11) is 1.85. The van der Waals surface area contributed by atoms with Crippen LogP contribution in [0.15, 0.2) is 77.9 Å². The van der Waals surface area contributed by atoms with Gasteiger partial charge < -0.3 is 16.0 Å². The lowest BCUT2D eigenvalue weighted by atomic mass is 9.92. The second kappa shape index (κ2) is 13.5. The molecule has 2 aliphatic heterocycles. The summed E-state index contributed by atoms with van der Waals surface area (Å²) in [4.78, 5) is 47.1. The number of halogens is 2. The zero-order valence-corrected chi connectivity index (χ0v) is 27.9.